The Balaban J connectivity index is 1.55. The van der Waals surface area contributed by atoms with E-state index in [-0.39, 0.29) is 5.56 Å². The van der Waals surface area contributed by atoms with Gasteiger partial charge in [-0.1, -0.05) is 66.4 Å². The van der Waals surface area contributed by atoms with Gasteiger partial charge in [-0.2, -0.15) is 0 Å². The molecule has 3 aromatic carbocycles. The van der Waals surface area contributed by atoms with Crippen LogP contribution < -0.4 is 5.56 Å². The normalized spacial score (nSPS) is 11.7. The minimum Gasteiger partial charge on any atom is -0.382 e. The average molecular weight is 445 g/mol. The molecule has 0 spiro atoms. The summed E-state index contributed by atoms with van der Waals surface area (Å²) in [5, 5.41) is 12.8. The van der Waals surface area contributed by atoms with Crippen molar-refractivity contribution in [2.45, 2.75) is 30.8 Å². The molecule has 0 amide bonds. The summed E-state index contributed by atoms with van der Waals surface area (Å²) in [7, 11) is 0. The Morgan fingerprint density at radius 2 is 1.72 bits per heavy atom. The molecular formula is C25H24N4O2S. The first-order valence-corrected chi connectivity index (χ1v) is 11.8. The number of thioether (sulfide) groups is 1. The predicted molar refractivity (Wildman–Crippen MR) is 129 cm³/mol. The van der Waals surface area contributed by atoms with Crippen LogP contribution in [0.3, 0.4) is 0 Å². The van der Waals surface area contributed by atoms with Crippen LogP contribution in [0.5, 0.6) is 0 Å². The fourth-order valence-electron chi connectivity index (χ4n) is 4.06. The van der Waals surface area contributed by atoms with Gasteiger partial charge in [0.15, 0.2) is 5.16 Å². The van der Waals surface area contributed by atoms with Crippen LogP contribution in [0.25, 0.3) is 27.5 Å². The number of aryl methyl sites for hydroxylation is 1. The second-order valence-corrected chi connectivity index (χ2v) is 8.51. The van der Waals surface area contributed by atoms with Crippen molar-refractivity contribution in [2.75, 3.05) is 13.2 Å². The first-order chi connectivity index (χ1) is 15.8. The summed E-state index contributed by atoms with van der Waals surface area (Å²) in [4.78, 5) is 13.2. The highest BCUT2D eigenvalue weighted by atomic mass is 32.2. The molecule has 7 heteroatoms. The lowest BCUT2D eigenvalue weighted by Gasteiger charge is -2.11. The molecule has 0 aliphatic carbocycles. The third-order valence-corrected chi connectivity index (χ3v) is 6.57. The molecule has 0 unspecified atom stereocenters. The van der Waals surface area contributed by atoms with E-state index in [9.17, 15) is 4.79 Å². The Bertz CT molecular complexity index is 1450. The standard InChI is InChI=1S/C25H24N4O2S/c1-2-31-16-8-15-28-23(30)21-13-5-6-14-22(21)29-24(28)26-27-25(29)32-17-19-11-7-10-18-9-3-4-12-20(18)19/h3-7,9-14H,2,8,15-17H2,1H3. The molecule has 0 bridgehead atoms. The zero-order valence-electron chi connectivity index (χ0n) is 17.9. The van der Waals surface area contributed by atoms with Crippen molar-refractivity contribution in [3.8, 4) is 0 Å². The molecule has 2 aromatic heterocycles. The van der Waals surface area contributed by atoms with Crippen molar-refractivity contribution >= 4 is 39.2 Å². The average Bonchev–Trinajstić information content (AvgIpc) is 3.26. The van der Waals surface area contributed by atoms with Gasteiger partial charge in [0.2, 0.25) is 5.78 Å². The van der Waals surface area contributed by atoms with Gasteiger partial charge in [-0.05, 0) is 41.8 Å². The van der Waals surface area contributed by atoms with Crippen LogP contribution in [-0.2, 0) is 17.0 Å². The minimum absolute atomic E-state index is 0.0393. The summed E-state index contributed by atoms with van der Waals surface area (Å²) in [6, 6.07) is 22.4. The molecule has 0 fully saturated rings. The lowest BCUT2D eigenvalue weighted by molar-refractivity contribution is 0.141. The molecule has 2 heterocycles. The Hall–Kier alpha value is -3.16. The van der Waals surface area contributed by atoms with Crippen molar-refractivity contribution < 1.29 is 4.74 Å². The predicted octanol–water partition coefficient (Wildman–Crippen LogP) is 4.92. The van der Waals surface area contributed by atoms with Gasteiger partial charge in [-0.25, -0.2) is 0 Å². The van der Waals surface area contributed by atoms with E-state index in [4.69, 9.17) is 4.74 Å². The molecule has 0 saturated heterocycles. The maximum Gasteiger partial charge on any atom is 0.262 e. The molecule has 0 radical (unpaired) electrons. The van der Waals surface area contributed by atoms with Crippen LogP contribution in [0.2, 0.25) is 0 Å². The van der Waals surface area contributed by atoms with Crippen molar-refractivity contribution in [3.63, 3.8) is 0 Å². The monoisotopic (exact) mass is 444 g/mol. The summed E-state index contributed by atoms with van der Waals surface area (Å²) in [5.74, 6) is 1.34. The van der Waals surface area contributed by atoms with E-state index in [2.05, 4.69) is 52.7 Å². The lowest BCUT2D eigenvalue weighted by atomic mass is 10.1. The fraction of sp³-hybridized carbons (Fsp3) is 0.240. The molecule has 5 rings (SSSR count). The van der Waals surface area contributed by atoms with Crippen molar-refractivity contribution in [3.05, 3.63) is 82.6 Å². The van der Waals surface area contributed by atoms with Gasteiger partial charge in [0.1, 0.15) is 0 Å². The second-order valence-electron chi connectivity index (χ2n) is 7.57. The first kappa shape index (κ1) is 20.7. The van der Waals surface area contributed by atoms with E-state index in [0.29, 0.717) is 30.9 Å². The van der Waals surface area contributed by atoms with Crippen LogP contribution in [0.4, 0.5) is 0 Å². The number of benzene rings is 3. The number of para-hydroxylation sites is 1. The molecule has 0 N–H and O–H groups in total. The molecular weight excluding hydrogens is 420 g/mol. The first-order valence-electron chi connectivity index (χ1n) is 10.8. The minimum atomic E-state index is -0.0393. The van der Waals surface area contributed by atoms with Crippen LogP contribution in [0.1, 0.15) is 18.9 Å². The SMILES string of the molecule is CCOCCCn1c(=O)c2ccccc2n2c(SCc3cccc4ccccc34)nnc12. The highest BCUT2D eigenvalue weighted by Crippen LogP contribution is 2.28. The zero-order valence-corrected chi connectivity index (χ0v) is 18.7. The number of hydrogen-bond acceptors (Lipinski definition) is 5. The van der Waals surface area contributed by atoms with E-state index in [1.807, 2.05) is 35.6 Å². The number of rotatable bonds is 8. The van der Waals surface area contributed by atoms with Gasteiger partial charge in [0.05, 0.1) is 10.9 Å². The number of aromatic nitrogens is 4. The highest BCUT2D eigenvalue weighted by molar-refractivity contribution is 7.98. The molecule has 0 aliphatic heterocycles. The highest BCUT2D eigenvalue weighted by Gasteiger charge is 2.17. The molecule has 5 aromatic rings. The maximum atomic E-state index is 13.2. The number of ether oxygens (including phenoxy) is 1. The summed E-state index contributed by atoms with van der Waals surface area (Å²) in [6.45, 7) is 3.79. The van der Waals surface area contributed by atoms with Crippen LogP contribution in [-0.4, -0.2) is 32.4 Å². The Morgan fingerprint density at radius 3 is 2.59 bits per heavy atom. The smallest absolute Gasteiger partial charge is 0.262 e. The topological polar surface area (TPSA) is 61.4 Å². The Morgan fingerprint density at radius 1 is 0.938 bits per heavy atom. The molecule has 6 nitrogen and oxygen atoms in total. The molecule has 0 saturated carbocycles. The second kappa shape index (κ2) is 9.14. The molecule has 162 valence electrons. The molecule has 32 heavy (non-hydrogen) atoms. The van der Waals surface area contributed by atoms with Crippen molar-refractivity contribution in [1.29, 1.82) is 0 Å². The Labute approximate surface area is 189 Å². The third kappa shape index (κ3) is 3.78. The summed E-state index contributed by atoms with van der Waals surface area (Å²) in [6.07, 6.45) is 0.743. The van der Waals surface area contributed by atoms with Crippen LogP contribution >= 0.6 is 11.8 Å². The molecule has 0 aliphatic rings. The summed E-state index contributed by atoms with van der Waals surface area (Å²) in [5.41, 5.74) is 2.04. The Kier molecular flexibility index (Phi) is 5.92. The van der Waals surface area contributed by atoms with Gasteiger partial charge in [-0.15, -0.1) is 10.2 Å². The van der Waals surface area contributed by atoms with E-state index in [1.165, 1.54) is 16.3 Å². The van der Waals surface area contributed by atoms with Gasteiger partial charge < -0.3 is 4.74 Å². The number of hydrogen-bond donors (Lipinski definition) is 0. The van der Waals surface area contributed by atoms with Gasteiger partial charge >= 0.3 is 0 Å². The quantitative estimate of drug-likeness (QED) is 0.251. The summed E-state index contributed by atoms with van der Waals surface area (Å²) >= 11 is 1.64. The largest absolute Gasteiger partial charge is 0.382 e. The van der Waals surface area contributed by atoms with E-state index >= 15 is 0 Å². The van der Waals surface area contributed by atoms with E-state index < -0.39 is 0 Å². The number of nitrogens with zero attached hydrogens (tertiary/aromatic N) is 4. The fourth-order valence-corrected chi connectivity index (χ4v) is 5.00. The van der Waals surface area contributed by atoms with Gasteiger partial charge in [0, 0.05) is 25.5 Å². The van der Waals surface area contributed by atoms with Gasteiger partial charge in [-0.3, -0.25) is 13.8 Å². The molecule has 0 atom stereocenters. The van der Waals surface area contributed by atoms with Crippen molar-refractivity contribution in [2.24, 2.45) is 0 Å². The van der Waals surface area contributed by atoms with E-state index in [0.717, 1.165) is 22.8 Å². The van der Waals surface area contributed by atoms with Gasteiger partial charge in [0.25, 0.3) is 5.56 Å². The zero-order chi connectivity index (χ0) is 21.9. The van der Waals surface area contributed by atoms with Crippen LogP contribution in [0.15, 0.2) is 76.7 Å². The van der Waals surface area contributed by atoms with E-state index in [1.54, 1.807) is 16.3 Å². The maximum absolute atomic E-state index is 13.2. The summed E-state index contributed by atoms with van der Waals surface area (Å²) < 4.78 is 9.19. The van der Waals surface area contributed by atoms with Crippen molar-refractivity contribution in [1.82, 2.24) is 19.2 Å². The lowest BCUT2D eigenvalue weighted by Crippen LogP contribution is -2.24. The van der Waals surface area contributed by atoms with Crippen LogP contribution in [0, 0.1) is 0 Å². The number of fused-ring (bicyclic) bond motifs is 4. The third-order valence-electron chi connectivity index (χ3n) is 5.59.